The highest BCUT2D eigenvalue weighted by molar-refractivity contribution is 7.99. The molecular formula is C15H23NO3S. The van der Waals surface area contributed by atoms with E-state index < -0.39 is 0 Å². The summed E-state index contributed by atoms with van der Waals surface area (Å²) >= 11 is 1.86. The first-order valence-electron chi connectivity index (χ1n) is 7.03. The molecule has 1 unspecified atom stereocenters. The van der Waals surface area contributed by atoms with Gasteiger partial charge in [-0.15, -0.1) is 0 Å². The smallest absolute Gasteiger partial charge is 0.161 e. The number of thioether (sulfide) groups is 1. The quantitative estimate of drug-likeness (QED) is 0.784. The van der Waals surface area contributed by atoms with Gasteiger partial charge in [0, 0.05) is 31.9 Å². The fourth-order valence-electron chi connectivity index (χ4n) is 2.02. The Kier molecular flexibility index (Phi) is 6.50. The molecule has 2 rings (SSSR count). The Bertz CT molecular complexity index is 414. The zero-order valence-corrected chi connectivity index (χ0v) is 12.8. The van der Waals surface area contributed by atoms with E-state index in [-0.39, 0.29) is 6.04 Å². The number of hydrogen-bond acceptors (Lipinski definition) is 5. The molecule has 1 aliphatic heterocycles. The summed E-state index contributed by atoms with van der Waals surface area (Å²) in [5, 5.41) is 0. The number of fused-ring (bicyclic) bond motifs is 1. The Morgan fingerprint density at radius 2 is 2.10 bits per heavy atom. The van der Waals surface area contributed by atoms with Crippen LogP contribution in [0.1, 0.15) is 24.4 Å². The van der Waals surface area contributed by atoms with Gasteiger partial charge >= 0.3 is 0 Å². The summed E-state index contributed by atoms with van der Waals surface area (Å²) in [6.07, 6.45) is 1.99. The molecule has 0 aromatic heterocycles. The lowest BCUT2D eigenvalue weighted by molar-refractivity contribution is 0.200. The molecule has 0 amide bonds. The maximum atomic E-state index is 6.23. The lowest BCUT2D eigenvalue weighted by Crippen LogP contribution is -2.13. The molecule has 0 fully saturated rings. The molecule has 20 heavy (non-hydrogen) atoms. The molecule has 4 nitrogen and oxygen atoms in total. The van der Waals surface area contributed by atoms with E-state index in [0.29, 0.717) is 13.2 Å². The van der Waals surface area contributed by atoms with E-state index in [0.717, 1.165) is 48.0 Å². The molecule has 5 heteroatoms. The third-order valence-corrected chi connectivity index (χ3v) is 4.31. The molecule has 1 heterocycles. The van der Waals surface area contributed by atoms with Crippen molar-refractivity contribution in [1.82, 2.24) is 0 Å². The van der Waals surface area contributed by atoms with Crippen LogP contribution in [0, 0.1) is 0 Å². The maximum absolute atomic E-state index is 6.23. The standard InChI is InChI=1S/C15H23NO3S/c1-17-6-3-9-20-11-13(16)12-4-5-14-15(10-12)19-8-2-7-18-14/h4-5,10,13H,2-3,6-9,11,16H2,1H3. The van der Waals surface area contributed by atoms with Crippen LogP contribution in [0.5, 0.6) is 11.5 Å². The van der Waals surface area contributed by atoms with Gasteiger partial charge in [0.25, 0.3) is 0 Å². The summed E-state index contributed by atoms with van der Waals surface area (Å²) in [5.74, 6) is 3.63. The molecule has 2 N–H and O–H groups in total. The van der Waals surface area contributed by atoms with Gasteiger partial charge in [-0.3, -0.25) is 0 Å². The van der Waals surface area contributed by atoms with E-state index in [1.807, 2.05) is 30.0 Å². The molecule has 1 aromatic rings. The van der Waals surface area contributed by atoms with Gasteiger partial charge in [0.05, 0.1) is 13.2 Å². The third kappa shape index (κ3) is 4.58. The van der Waals surface area contributed by atoms with Crippen molar-refractivity contribution in [3.05, 3.63) is 23.8 Å². The van der Waals surface area contributed by atoms with Gasteiger partial charge in [-0.1, -0.05) is 6.07 Å². The lowest BCUT2D eigenvalue weighted by atomic mass is 10.1. The SMILES string of the molecule is COCCCSCC(N)c1ccc2c(c1)OCCCO2. The minimum atomic E-state index is 0.0275. The van der Waals surface area contributed by atoms with Gasteiger partial charge in [-0.2, -0.15) is 11.8 Å². The molecule has 112 valence electrons. The van der Waals surface area contributed by atoms with Crippen LogP contribution >= 0.6 is 11.8 Å². The van der Waals surface area contributed by atoms with Crippen LogP contribution < -0.4 is 15.2 Å². The Labute approximate surface area is 125 Å². The van der Waals surface area contributed by atoms with Crippen LogP contribution in [-0.2, 0) is 4.74 Å². The summed E-state index contributed by atoms with van der Waals surface area (Å²) in [5.41, 5.74) is 7.34. The minimum Gasteiger partial charge on any atom is -0.490 e. The molecule has 0 saturated carbocycles. The van der Waals surface area contributed by atoms with E-state index >= 15 is 0 Å². The molecule has 1 aromatic carbocycles. The molecule has 1 atom stereocenters. The number of hydrogen-bond donors (Lipinski definition) is 1. The van der Waals surface area contributed by atoms with Gasteiger partial charge in [-0.25, -0.2) is 0 Å². The van der Waals surface area contributed by atoms with Crippen molar-refractivity contribution in [3.8, 4) is 11.5 Å². The van der Waals surface area contributed by atoms with Gasteiger partial charge in [0.15, 0.2) is 11.5 Å². The predicted octanol–water partition coefficient (Wildman–Crippen LogP) is 2.62. The van der Waals surface area contributed by atoms with Crippen molar-refractivity contribution in [1.29, 1.82) is 0 Å². The van der Waals surface area contributed by atoms with Crippen molar-refractivity contribution in [2.75, 3.05) is 38.4 Å². The van der Waals surface area contributed by atoms with E-state index in [9.17, 15) is 0 Å². The first-order chi connectivity index (χ1) is 9.81. The van der Waals surface area contributed by atoms with E-state index in [4.69, 9.17) is 19.9 Å². The van der Waals surface area contributed by atoms with Gasteiger partial charge in [0.2, 0.25) is 0 Å². The summed E-state index contributed by atoms with van der Waals surface area (Å²) in [4.78, 5) is 0. The molecule has 1 aliphatic rings. The van der Waals surface area contributed by atoms with Crippen molar-refractivity contribution in [2.45, 2.75) is 18.9 Å². The fraction of sp³-hybridized carbons (Fsp3) is 0.600. The third-order valence-electron chi connectivity index (χ3n) is 3.13. The average molecular weight is 297 g/mol. The summed E-state index contributed by atoms with van der Waals surface area (Å²) in [6, 6.07) is 6.04. The summed E-state index contributed by atoms with van der Waals surface area (Å²) in [7, 11) is 1.73. The first kappa shape index (κ1) is 15.5. The fourth-order valence-corrected chi connectivity index (χ4v) is 2.96. The second-order valence-electron chi connectivity index (χ2n) is 4.78. The summed E-state index contributed by atoms with van der Waals surface area (Å²) < 4.78 is 16.3. The van der Waals surface area contributed by atoms with Gasteiger partial charge in [0.1, 0.15) is 0 Å². The predicted molar refractivity (Wildman–Crippen MR) is 82.8 cm³/mol. The second-order valence-corrected chi connectivity index (χ2v) is 5.93. The minimum absolute atomic E-state index is 0.0275. The van der Waals surface area contributed by atoms with E-state index in [1.54, 1.807) is 7.11 Å². The monoisotopic (exact) mass is 297 g/mol. The Morgan fingerprint density at radius 1 is 1.30 bits per heavy atom. The van der Waals surface area contributed by atoms with Crippen molar-refractivity contribution in [3.63, 3.8) is 0 Å². The molecule has 0 saturated heterocycles. The van der Waals surface area contributed by atoms with Gasteiger partial charge in [-0.05, 0) is 29.9 Å². The van der Waals surface area contributed by atoms with Crippen LogP contribution in [0.4, 0.5) is 0 Å². The number of benzene rings is 1. The van der Waals surface area contributed by atoms with Crippen molar-refractivity contribution < 1.29 is 14.2 Å². The zero-order valence-electron chi connectivity index (χ0n) is 12.0. The summed E-state index contributed by atoms with van der Waals surface area (Å²) in [6.45, 7) is 2.23. The molecule has 0 aliphatic carbocycles. The van der Waals surface area contributed by atoms with Crippen molar-refractivity contribution in [2.24, 2.45) is 5.73 Å². The lowest BCUT2D eigenvalue weighted by Gasteiger charge is -2.14. The topological polar surface area (TPSA) is 53.7 Å². The Hall–Kier alpha value is -0.910. The molecule has 0 radical (unpaired) electrons. The highest BCUT2D eigenvalue weighted by Gasteiger charge is 2.13. The number of methoxy groups -OCH3 is 1. The largest absolute Gasteiger partial charge is 0.490 e. The first-order valence-corrected chi connectivity index (χ1v) is 8.18. The van der Waals surface area contributed by atoms with Crippen LogP contribution in [0.15, 0.2) is 18.2 Å². The number of nitrogens with two attached hydrogens (primary N) is 1. The molecule has 0 bridgehead atoms. The van der Waals surface area contributed by atoms with Crippen LogP contribution in [-0.4, -0.2) is 38.4 Å². The molecule has 0 spiro atoms. The normalized spacial score (nSPS) is 15.7. The van der Waals surface area contributed by atoms with Crippen LogP contribution in [0.3, 0.4) is 0 Å². The van der Waals surface area contributed by atoms with Crippen LogP contribution in [0.2, 0.25) is 0 Å². The van der Waals surface area contributed by atoms with E-state index in [2.05, 4.69) is 0 Å². The highest BCUT2D eigenvalue weighted by Crippen LogP contribution is 2.32. The van der Waals surface area contributed by atoms with Crippen LogP contribution in [0.25, 0.3) is 0 Å². The number of rotatable bonds is 7. The Morgan fingerprint density at radius 3 is 2.90 bits per heavy atom. The zero-order chi connectivity index (χ0) is 14.2. The van der Waals surface area contributed by atoms with Crippen molar-refractivity contribution >= 4 is 11.8 Å². The van der Waals surface area contributed by atoms with E-state index in [1.165, 1.54) is 0 Å². The number of ether oxygens (including phenoxy) is 3. The highest BCUT2D eigenvalue weighted by atomic mass is 32.2. The second kappa shape index (κ2) is 8.39. The average Bonchev–Trinajstić information content (AvgIpc) is 2.71. The maximum Gasteiger partial charge on any atom is 0.161 e. The Balaban J connectivity index is 1.86. The van der Waals surface area contributed by atoms with Gasteiger partial charge < -0.3 is 19.9 Å². The molecular weight excluding hydrogens is 274 g/mol.